The average Bonchev–Trinajstić information content (AvgIpc) is 2.15. The summed E-state index contributed by atoms with van der Waals surface area (Å²) in [5.74, 6) is 0.810. The molecule has 0 saturated heterocycles. The van der Waals surface area contributed by atoms with Crippen molar-refractivity contribution in [3.8, 4) is 0 Å². The molecule has 1 aromatic heterocycles. The van der Waals surface area contributed by atoms with Crippen LogP contribution >= 0.6 is 15.9 Å². The van der Waals surface area contributed by atoms with E-state index in [9.17, 15) is 0 Å². The van der Waals surface area contributed by atoms with Crippen LogP contribution in [-0.2, 0) is 0 Å². The van der Waals surface area contributed by atoms with Crippen molar-refractivity contribution < 1.29 is 0 Å². The van der Waals surface area contributed by atoms with Crippen LogP contribution < -0.4 is 4.90 Å². The van der Waals surface area contributed by atoms with E-state index in [1.54, 1.807) is 0 Å². The molecule has 0 atom stereocenters. The number of aromatic nitrogens is 2. The van der Waals surface area contributed by atoms with Gasteiger partial charge in [0.05, 0.1) is 0 Å². The Morgan fingerprint density at radius 1 is 1.36 bits per heavy atom. The smallest absolute Gasteiger partial charge is 0.225 e. The molecule has 0 aliphatic carbocycles. The minimum absolute atomic E-state index is 0.426. The van der Waals surface area contributed by atoms with Crippen molar-refractivity contribution in [1.82, 2.24) is 9.97 Å². The van der Waals surface area contributed by atoms with Gasteiger partial charge in [0.2, 0.25) is 5.95 Å². The van der Waals surface area contributed by atoms with Gasteiger partial charge in [-0.15, -0.1) is 0 Å². The maximum Gasteiger partial charge on any atom is 0.225 e. The van der Waals surface area contributed by atoms with E-state index in [0.29, 0.717) is 6.04 Å². The predicted octanol–water partition coefficient (Wildman–Crippen LogP) is 2.39. The van der Waals surface area contributed by atoms with Crippen LogP contribution in [0.25, 0.3) is 0 Å². The Bertz CT molecular complexity index is 271. The van der Waals surface area contributed by atoms with Crippen LogP contribution in [-0.4, -0.2) is 27.9 Å². The topological polar surface area (TPSA) is 29.0 Å². The van der Waals surface area contributed by atoms with Crippen LogP contribution in [0, 0.1) is 6.92 Å². The van der Waals surface area contributed by atoms with Crippen molar-refractivity contribution in [2.24, 2.45) is 0 Å². The number of anilines is 1. The molecule has 0 radical (unpaired) electrons. The molecule has 1 rings (SSSR count). The van der Waals surface area contributed by atoms with E-state index in [1.807, 2.05) is 19.3 Å². The zero-order chi connectivity index (χ0) is 10.6. The number of aryl methyl sites for hydroxylation is 1. The fourth-order valence-corrected chi connectivity index (χ4v) is 1.60. The Morgan fingerprint density at radius 3 is 2.36 bits per heavy atom. The second-order valence-corrected chi connectivity index (χ2v) is 4.33. The number of alkyl halides is 1. The molecule has 4 heteroatoms. The van der Waals surface area contributed by atoms with Crippen molar-refractivity contribution >= 4 is 21.9 Å². The Labute approximate surface area is 93.7 Å². The molecule has 0 amide bonds. The summed E-state index contributed by atoms with van der Waals surface area (Å²) in [5.41, 5.74) is 1.09. The first-order valence-corrected chi connectivity index (χ1v) is 5.88. The fraction of sp³-hybridized carbons (Fsp3) is 0.600. The van der Waals surface area contributed by atoms with Crippen molar-refractivity contribution in [1.29, 1.82) is 0 Å². The van der Waals surface area contributed by atoms with E-state index in [1.165, 1.54) is 0 Å². The van der Waals surface area contributed by atoms with Crippen molar-refractivity contribution in [2.45, 2.75) is 26.8 Å². The predicted molar refractivity (Wildman–Crippen MR) is 63.0 cm³/mol. The van der Waals surface area contributed by atoms with E-state index in [0.717, 1.165) is 23.4 Å². The summed E-state index contributed by atoms with van der Waals surface area (Å²) in [7, 11) is 0. The molecule has 14 heavy (non-hydrogen) atoms. The first-order chi connectivity index (χ1) is 6.65. The van der Waals surface area contributed by atoms with Crippen LogP contribution in [0.15, 0.2) is 12.4 Å². The summed E-state index contributed by atoms with van der Waals surface area (Å²) in [6.45, 7) is 7.21. The summed E-state index contributed by atoms with van der Waals surface area (Å²) in [6.07, 6.45) is 3.71. The molecule has 0 saturated carbocycles. The van der Waals surface area contributed by atoms with E-state index in [4.69, 9.17) is 0 Å². The molecule has 0 fully saturated rings. The highest BCUT2D eigenvalue weighted by molar-refractivity contribution is 9.09. The summed E-state index contributed by atoms with van der Waals surface area (Å²) in [4.78, 5) is 10.8. The lowest BCUT2D eigenvalue weighted by Gasteiger charge is -2.25. The molecular weight excluding hydrogens is 242 g/mol. The van der Waals surface area contributed by atoms with Crippen LogP contribution in [0.4, 0.5) is 5.95 Å². The largest absolute Gasteiger partial charge is 0.338 e. The minimum atomic E-state index is 0.426. The zero-order valence-corrected chi connectivity index (χ0v) is 10.5. The molecule has 1 heterocycles. The van der Waals surface area contributed by atoms with Crippen molar-refractivity contribution in [3.05, 3.63) is 18.0 Å². The SMILES string of the molecule is Cc1cnc(N(CCBr)C(C)C)nc1. The standard InChI is InChI=1S/C10H16BrN3/c1-8(2)14(5-4-11)10-12-6-9(3)7-13-10/h6-8H,4-5H2,1-3H3. The third-order valence-corrected chi connectivity index (χ3v) is 2.33. The van der Waals surface area contributed by atoms with Crippen LogP contribution in [0.3, 0.4) is 0 Å². The average molecular weight is 258 g/mol. The van der Waals surface area contributed by atoms with Gasteiger partial charge in [0, 0.05) is 30.3 Å². The number of rotatable bonds is 4. The van der Waals surface area contributed by atoms with E-state index in [-0.39, 0.29) is 0 Å². The van der Waals surface area contributed by atoms with Gasteiger partial charge in [-0.1, -0.05) is 15.9 Å². The zero-order valence-electron chi connectivity index (χ0n) is 8.87. The van der Waals surface area contributed by atoms with Gasteiger partial charge in [0.1, 0.15) is 0 Å². The lowest BCUT2D eigenvalue weighted by molar-refractivity contribution is 0.684. The normalized spacial score (nSPS) is 10.6. The number of hydrogen-bond donors (Lipinski definition) is 0. The summed E-state index contributed by atoms with van der Waals surface area (Å²) >= 11 is 3.43. The van der Waals surface area contributed by atoms with Gasteiger partial charge in [-0.25, -0.2) is 9.97 Å². The Morgan fingerprint density at radius 2 is 1.93 bits per heavy atom. The quantitative estimate of drug-likeness (QED) is 0.776. The first kappa shape index (κ1) is 11.4. The van der Waals surface area contributed by atoms with Crippen LogP contribution in [0.5, 0.6) is 0 Å². The second-order valence-electron chi connectivity index (χ2n) is 3.54. The highest BCUT2D eigenvalue weighted by Crippen LogP contribution is 2.10. The number of halogens is 1. The molecule has 0 bridgehead atoms. The van der Waals surface area contributed by atoms with Crippen molar-refractivity contribution in [2.75, 3.05) is 16.8 Å². The molecule has 0 aliphatic heterocycles. The van der Waals surface area contributed by atoms with Gasteiger partial charge in [-0.3, -0.25) is 0 Å². The van der Waals surface area contributed by atoms with Crippen LogP contribution in [0.1, 0.15) is 19.4 Å². The summed E-state index contributed by atoms with van der Waals surface area (Å²) in [6, 6.07) is 0.426. The minimum Gasteiger partial charge on any atom is -0.338 e. The van der Waals surface area contributed by atoms with Crippen molar-refractivity contribution in [3.63, 3.8) is 0 Å². The second kappa shape index (κ2) is 5.29. The monoisotopic (exact) mass is 257 g/mol. The third-order valence-electron chi connectivity index (χ3n) is 1.97. The van der Waals surface area contributed by atoms with E-state index < -0.39 is 0 Å². The Balaban J connectivity index is 2.82. The fourth-order valence-electron chi connectivity index (χ4n) is 1.21. The maximum atomic E-state index is 4.31. The lowest BCUT2D eigenvalue weighted by Crippen LogP contribution is -2.33. The first-order valence-electron chi connectivity index (χ1n) is 4.76. The molecule has 0 unspecified atom stereocenters. The van der Waals surface area contributed by atoms with Gasteiger partial charge in [0.25, 0.3) is 0 Å². The molecule has 0 aromatic carbocycles. The molecule has 0 N–H and O–H groups in total. The third kappa shape index (κ3) is 2.94. The Hall–Kier alpha value is -0.640. The molecule has 3 nitrogen and oxygen atoms in total. The Kier molecular flexibility index (Phi) is 4.32. The van der Waals surface area contributed by atoms with Gasteiger partial charge in [-0.05, 0) is 26.3 Å². The molecule has 0 spiro atoms. The summed E-state index contributed by atoms with van der Waals surface area (Å²) in [5, 5.41) is 0.933. The van der Waals surface area contributed by atoms with E-state index >= 15 is 0 Å². The number of hydrogen-bond acceptors (Lipinski definition) is 3. The van der Waals surface area contributed by atoms with Gasteiger partial charge in [-0.2, -0.15) is 0 Å². The van der Waals surface area contributed by atoms with Gasteiger partial charge >= 0.3 is 0 Å². The lowest BCUT2D eigenvalue weighted by atomic mass is 10.3. The highest BCUT2D eigenvalue weighted by Gasteiger charge is 2.11. The van der Waals surface area contributed by atoms with Gasteiger partial charge < -0.3 is 4.90 Å². The molecule has 78 valence electrons. The van der Waals surface area contributed by atoms with Gasteiger partial charge in [0.15, 0.2) is 0 Å². The summed E-state index contributed by atoms with van der Waals surface area (Å²) < 4.78 is 0. The highest BCUT2D eigenvalue weighted by atomic mass is 79.9. The van der Waals surface area contributed by atoms with Crippen LogP contribution in [0.2, 0.25) is 0 Å². The molecular formula is C10H16BrN3. The number of nitrogens with zero attached hydrogens (tertiary/aromatic N) is 3. The molecule has 0 aliphatic rings. The maximum absolute atomic E-state index is 4.31. The molecule has 1 aromatic rings. The van der Waals surface area contributed by atoms with E-state index in [2.05, 4.69) is 44.6 Å².